The lowest BCUT2D eigenvalue weighted by molar-refractivity contribution is -0.189. The molecule has 0 aliphatic rings. The molecule has 2 heterocycles. The number of halogens is 4. The molecule has 10 heteroatoms. The molecule has 0 aliphatic heterocycles. The van der Waals surface area contributed by atoms with Gasteiger partial charge in [-0.1, -0.05) is 29.8 Å². The van der Waals surface area contributed by atoms with Gasteiger partial charge in [-0.05, 0) is 31.2 Å². The van der Waals surface area contributed by atoms with Gasteiger partial charge in [-0.3, -0.25) is 9.78 Å². The van der Waals surface area contributed by atoms with E-state index in [4.69, 9.17) is 16.3 Å². The van der Waals surface area contributed by atoms with Gasteiger partial charge in [-0.2, -0.15) is 13.2 Å². The fraction of sp³-hybridized carbons (Fsp3) is 0.200. The van der Waals surface area contributed by atoms with Crippen LogP contribution in [0.2, 0.25) is 5.02 Å². The Morgan fingerprint density at radius 2 is 1.90 bits per heavy atom. The zero-order chi connectivity index (χ0) is 21.7. The normalized spacial score (nSPS) is 12.3. The molecule has 0 bridgehead atoms. The number of amides is 1. The van der Waals surface area contributed by atoms with Crippen molar-refractivity contribution in [2.24, 2.45) is 0 Å². The van der Waals surface area contributed by atoms with Crippen molar-refractivity contribution in [1.29, 1.82) is 0 Å². The van der Waals surface area contributed by atoms with Gasteiger partial charge in [0.25, 0.3) is 5.91 Å². The SMILES string of the molecule is CC(Oc1ncc(C(=O)NCc2ccccn2)nc1-c1ccc(Cl)cc1)C(F)(F)F. The molecule has 1 amide bonds. The van der Waals surface area contributed by atoms with Crippen molar-refractivity contribution in [1.82, 2.24) is 20.3 Å². The Morgan fingerprint density at radius 3 is 2.53 bits per heavy atom. The maximum Gasteiger partial charge on any atom is 0.425 e. The summed E-state index contributed by atoms with van der Waals surface area (Å²) in [7, 11) is 0. The van der Waals surface area contributed by atoms with Gasteiger partial charge in [0.05, 0.1) is 18.4 Å². The Morgan fingerprint density at radius 1 is 1.17 bits per heavy atom. The second-order valence-corrected chi connectivity index (χ2v) is 6.66. The maximum absolute atomic E-state index is 12.9. The van der Waals surface area contributed by atoms with Crippen LogP contribution in [0, 0.1) is 0 Å². The predicted molar refractivity (Wildman–Crippen MR) is 104 cm³/mol. The number of benzene rings is 1. The number of carbonyl (C=O) groups excluding carboxylic acids is 1. The van der Waals surface area contributed by atoms with Gasteiger partial charge >= 0.3 is 6.18 Å². The van der Waals surface area contributed by atoms with E-state index in [1.54, 1.807) is 48.7 Å². The molecule has 1 atom stereocenters. The largest absolute Gasteiger partial charge is 0.463 e. The average Bonchev–Trinajstić information content (AvgIpc) is 2.73. The summed E-state index contributed by atoms with van der Waals surface area (Å²) in [5.74, 6) is -0.901. The number of aromatic nitrogens is 3. The molecule has 1 unspecified atom stereocenters. The number of alkyl halides is 3. The molecule has 0 saturated heterocycles. The zero-order valence-electron chi connectivity index (χ0n) is 15.7. The zero-order valence-corrected chi connectivity index (χ0v) is 16.4. The molecule has 0 fully saturated rings. The van der Waals surface area contributed by atoms with Crippen molar-refractivity contribution in [3.05, 3.63) is 71.3 Å². The fourth-order valence-corrected chi connectivity index (χ4v) is 2.49. The van der Waals surface area contributed by atoms with E-state index in [-0.39, 0.29) is 23.8 Å². The number of carbonyl (C=O) groups is 1. The van der Waals surface area contributed by atoms with E-state index >= 15 is 0 Å². The van der Waals surface area contributed by atoms with E-state index in [9.17, 15) is 18.0 Å². The Hall–Kier alpha value is -3.20. The van der Waals surface area contributed by atoms with Gasteiger partial charge in [0, 0.05) is 16.8 Å². The van der Waals surface area contributed by atoms with E-state index in [1.807, 2.05) is 0 Å². The van der Waals surface area contributed by atoms with E-state index in [0.717, 1.165) is 13.1 Å². The molecule has 1 aromatic carbocycles. The first-order valence-corrected chi connectivity index (χ1v) is 9.16. The van der Waals surface area contributed by atoms with Crippen molar-refractivity contribution < 1.29 is 22.7 Å². The van der Waals surface area contributed by atoms with Crippen LogP contribution in [0.5, 0.6) is 5.88 Å². The highest BCUT2D eigenvalue weighted by atomic mass is 35.5. The molecule has 2 aromatic heterocycles. The topological polar surface area (TPSA) is 77.0 Å². The van der Waals surface area contributed by atoms with Gasteiger partial charge in [-0.25, -0.2) is 9.97 Å². The van der Waals surface area contributed by atoms with Crippen molar-refractivity contribution in [3.63, 3.8) is 0 Å². The van der Waals surface area contributed by atoms with Gasteiger partial charge in [0.2, 0.25) is 5.88 Å². The van der Waals surface area contributed by atoms with Gasteiger partial charge in [0.15, 0.2) is 6.10 Å². The number of hydrogen-bond acceptors (Lipinski definition) is 5. The van der Waals surface area contributed by atoms with Crippen molar-refractivity contribution in [2.75, 3.05) is 0 Å². The molecule has 0 spiro atoms. The second-order valence-electron chi connectivity index (χ2n) is 6.22. The summed E-state index contributed by atoms with van der Waals surface area (Å²) >= 11 is 5.88. The summed E-state index contributed by atoms with van der Waals surface area (Å²) in [6.45, 7) is 1.02. The number of nitrogens with one attached hydrogen (secondary N) is 1. The first-order chi connectivity index (χ1) is 14.2. The summed E-state index contributed by atoms with van der Waals surface area (Å²) in [6, 6.07) is 11.4. The number of hydrogen-bond donors (Lipinski definition) is 1. The van der Waals surface area contributed by atoms with Crippen molar-refractivity contribution in [3.8, 4) is 17.1 Å². The third kappa shape index (κ3) is 5.44. The molecule has 6 nitrogen and oxygen atoms in total. The van der Waals surface area contributed by atoms with E-state index in [2.05, 4.69) is 20.3 Å². The van der Waals surface area contributed by atoms with Crippen LogP contribution in [-0.4, -0.2) is 33.1 Å². The van der Waals surface area contributed by atoms with Gasteiger partial charge in [-0.15, -0.1) is 0 Å². The molecular weight excluding hydrogens is 421 g/mol. The molecule has 3 rings (SSSR count). The first-order valence-electron chi connectivity index (χ1n) is 8.78. The number of rotatable bonds is 6. The Balaban J connectivity index is 1.89. The minimum Gasteiger partial charge on any atom is -0.463 e. The Kier molecular flexibility index (Phi) is 6.51. The molecule has 0 saturated carbocycles. The minimum atomic E-state index is -4.59. The highest BCUT2D eigenvalue weighted by molar-refractivity contribution is 6.30. The monoisotopic (exact) mass is 436 g/mol. The van der Waals surface area contributed by atoms with E-state index in [0.29, 0.717) is 16.3 Å². The maximum atomic E-state index is 12.9. The van der Waals surface area contributed by atoms with Crippen LogP contribution in [-0.2, 0) is 6.54 Å². The second kappa shape index (κ2) is 9.08. The summed E-state index contributed by atoms with van der Waals surface area (Å²) < 4.78 is 43.8. The molecule has 0 radical (unpaired) electrons. The van der Waals surface area contributed by atoms with E-state index in [1.165, 1.54) is 0 Å². The fourth-order valence-electron chi connectivity index (χ4n) is 2.37. The van der Waals surface area contributed by atoms with Crippen LogP contribution >= 0.6 is 11.6 Å². The third-order valence-corrected chi connectivity index (χ3v) is 4.25. The van der Waals surface area contributed by atoms with Crippen LogP contribution < -0.4 is 10.1 Å². The van der Waals surface area contributed by atoms with Crippen LogP contribution in [0.4, 0.5) is 13.2 Å². The molecule has 3 aromatic rings. The number of nitrogens with zero attached hydrogens (tertiary/aromatic N) is 3. The Bertz CT molecular complexity index is 1010. The smallest absolute Gasteiger partial charge is 0.425 e. The predicted octanol–water partition coefficient (Wildman–Crippen LogP) is 4.45. The van der Waals surface area contributed by atoms with Crippen molar-refractivity contribution >= 4 is 17.5 Å². The summed E-state index contributed by atoms with van der Waals surface area (Å²) in [5.41, 5.74) is 0.947. The minimum absolute atomic E-state index is 0.00625. The summed E-state index contributed by atoms with van der Waals surface area (Å²) in [4.78, 5) is 24.7. The van der Waals surface area contributed by atoms with Crippen LogP contribution in [0.3, 0.4) is 0 Å². The molecule has 156 valence electrons. The highest BCUT2D eigenvalue weighted by Gasteiger charge is 2.39. The summed E-state index contributed by atoms with van der Waals surface area (Å²) in [5, 5.41) is 3.07. The molecular formula is C20H16ClF3N4O2. The number of pyridine rings is 1. The quantitative estimate of drug-likeness (QED) is 0.617. The third-order valence-electron chi connectivity index (χ3n) is 3.99. The number of ether oxygens (including phenoxy) is 1. The van der Waals surface area contributed by atoms with Crippen LogP contribution in [0.25, 0.3) is 11.3 Å². The lowest BCUT2D eigenvalue weighted by Crippen LogP contribution is -2.32. The van der Waals surface area contributed by atoms with Crippen LogP contribution in [0.1, 0.15) is 23.1 Å². The average molecular weight is 437 g/mol. The Labute approximate surface area is 175 Å². The lowest BCUT2D eigenvalue weighted by atomic mass is 10.1. The van der Waals surface area contributed by atoms with E-state index < -0.39 is 18.2 Å². The molecule has 0 aliphatic carbocycles. The standard InChI is InChI=1S/C20H16ClF3N4O2/c1-12(20(22,23)24)30-19-17(13-5-7-14(21)8-6-13)28-16(11-27-19)18(29)26-10-15-4-2-3-9-25-15/h2-9,11-12H,10H2,1H3,(H,26,29). The lowest BCUT2D eigenvalue weighted by Gasteiger charge is -2.18. The first kappa shape index (κ1) is 21.5. The van der Waals surface area contributed by atoms with Gasteiger partial charge in [0.1, 0.15) is 11.4 Å². The van der Waals surface area contributed by atoms with Crippen LogP contribution in [0.15, 0.2) is 54.9 Å². The van der Waals surface area contributed by atoms with Gasteiger partial charge < -0.3 is 10.1 Å². The molecule has 30 heavy (non-hydrogen) atoms. The van der Waals surface area contributed by atoms with Crippen molar-refractivity contribution in [2.45, 2.75) is 25.7 Å². The highest BCUT2D eigenvalue weighted by Crippen LogP contribution is 2.31. The molecule has 1 N–H and O–H groups in total. The summed E-state index contributed by atoms with van der Waals surface area (Å²) in [6.07, 6.45) is -4.04.